The van der Waals surface area contributed by atoms with E-state index in [1.54, 1.807) is 12.1 Å². The molecule has 0 saturated carbocycles. The van der Waals surface area contributed by atoms with E-state index < -0.39 is 0 Å². The molecule has 1 aromatic rings. The summed E-state index contributed by atoms with van der Waals surface area (Å²) in [7, 11) is 0. The first-order valence-electron chi connectivity index (χ1n) is 7.39. The molecule has 1 aromatic carbocycles. The normalized spacial score (nSPS) is 21.9. The molecule has 0 bridgehead atoms. The molecule has 0 unspecified atom stereocenters. The van der Waals surface area contributed by atoms with Gasteiger partial charge in [0, 0.05) is 30.9 Å². The standard InChI is InChI=1S/C15H21N3O2/c19-18(20)14-3-1-13(2-4-14)17-11-7-15(8-12-17)5-9-16-10-6-15/h1-4,16H,5-12H2. The number of benzene rings is 1. The molecule has 2 heterocycles. The molecular formula is C15H21N3O2. The van der Waals surface area contributed by atoms with Crippen LogP contribution in [0, 0.1) is 15.5 Å². The Morgan fingerprint density at radius 1 is 1.05 bits per heavy atom. The molecule has 0 amide bonds. The molecule has 0 atom stereocenters. The Bertz CT molecular complexity index is 470. The van der Waals surface area contributed by atoms with Gasteiger partial charge in [-0.1, -0.05) is 0 Å². The zero-order valence-corrected chi connectivity index (χ0v) is 11.7. The van der Waals surface area contributed by atoms with E-state index in [-0.39, 0.29) is 10.6 Å². The van der Waals surface area contributed by atoms with Gasteiger partial charge in [-0.3, -0.25) is 10.1 Å². The molecule has 0 aromatic heterocycles. The molecule has 2 saturated heterocycles. The molecule has 5 heteroatoms. The highest BCUT2D eigenvalue weighted by Crippen LogP contribution is 2.40. The minimum Gasteiger partial charge on any atom is -0.371 e. The SMILES string of the molecule is O=[N+]([O-])c1ccc(N2CCC3(CCNCC3)CC2)cc1. The quantitative estimate of drug-likeness (QED) is 0.665. The summed E-state index contributed by atoms with van der Waals surface area (Å²) < 4.78 is 0. The van der Waals surface area contributed by atoms with Crippen LogP contribution in [0.25, 0.3) is 0 Å². The van der Waals surface area contributed by atoms with Crippen molar-refractivity contribution in [1.82, 2.24) is 5.32 Å². The van der Waals surface area contributed by atoms with E-state index in [0.29, 0.717) is 5.41 Å². The Labute approximate surface area is 119 Å². The third-order valence-electron chi connectivity index (χ3n) is 4.91. The molecular weight excluding hydrogens is 254 g/mol. The van der Waals surface area contributed by atoms with Crippen molar-refractivity contribution in [1.29, 1.82) is 0 Å². The van der Waals surface area contributed by atoms with Gasteiger partial charge in [0.2, 0.25) is 0 Å². The fraction of sp³-hybridized carbons (Fsp3) is 0.600. The van der Waals surface area contributed by atoms with Gasteiger partial charge in [0.05, 0.1) is 4.92 Å². The van der Waals surface area contributed by atoms with Crippen LogP contribution >= 0.6 is 0 Å². The van der Waals surface area contributed by atoms with Crippen LogP contribution in [0.3, 0.4) is 0 Å². The van der Waals surface area contributed by atoms with Crippen molar-refractivity contribution in [3.63, 3.8) is 0 Å². The first-order valence-corrected chi connectivity index (χ1v) is 7.39. The molecule has 2 aliphatic heterocycles. The molecule has 0 aliphatic carbocycles. The molecule has 1 spiro atoms. The Balaban J connectivity index is 1.64. The topological polar surface area (TPSA) is 58.4 Å². The van der Waals surface area contributed by atoms with Crippen molar-refractivity contribution in [3.8, 4) is 0 Å². The van der Waals surface area contributed by atoms with E-state index in [1.807, 2.05) is 12.1 Å². The van der Waals surface area contributed by atoms with Crippen molar-refractivity contribution < 1.29 is 4.92 Å². The summed E-state index contributed by atoms with van der Waals surface area (Å²) >= 11 is 0. The molecule has 2 aliphatic rings. The fourth-order valence-corrected chi connectivity index (χ4v) is 3.48. The summed E-state index contributed by atoms with van der Waals surface area (Å²) in [5, 5.41) is 14.1. The van der Waals surface area contributed by atoms with Crippen LogP contribution in [-0.4, -0.2) is 31.1 Å². The highest BCUT2D eigenvalue weighted by atomic mass is 16.6. The predicted molar refractivity (Wildman–Crippen MR) is 79.1 cm³/mol. The predicted octanol–water partition coefficient (Wildman–Crippen LogP) is 2.56. The smallest absolute Gasteiger partial charge is 0.269 e. The maximum Gasteiger partial charge on any atom is 0.269 e. The van der Waals surface area contributed by atoms with Gasteiger partial charge < -0.3 is 10.2 Å². The molecule has 2 fully saturated rings. The molecule has 108 valence electrons. The zero-order chi connectivity index (χ0) is 14.0. The van der Waals surface area contributed by atoms with Crippen LogP contribution < -0.4 is 10.2 Å². The Kier molecular flexibility index (Phi) is 3.61. The second-order valence-corrected chi connectivity index (χ2v) is 6.01. The number of non-ortho nitro benzene ring substituents is 1. The molecule has 20 heavy (non-hydrogen) atoms. The van der Waals surface area contributed by atoms with Gasteiger partial charge >= 0.3 is 0 Å². The fourth-order valence-electron chi connectivity index (χ4n) is 3.48. The third-order valence-corrected chi connectivity index (χ3v) is 4.91. The average Bonchev–Trinajstić information content (AvgIpc) is 2.49. The number of anilines is 1. The summed E-state index contributed by atoms with van der Waals surface area (Å²) in [4.78, 5) is 12.7. The van der Waals surface area contributed by atoms with Crippen LogP contribution in [0.4, 0.5) is 11.4 Å². The van der Waals surface area contributed by atoms with Gasteiger partial charge in [0.15, 0.2) is 0 Å². The Morgan fingerprint density at radius 3 is 2.20 bits per heavy atom. The zero-order valence-electron chi connectivity index (χ0n) is 11.7. The Morgan fingerprint density at radius 2 is 1.65 bits per heavy atom. The van der Waals surface area contributed by atoms with E-state index in [0.717, 1.165) is 31.9 Å². The van der Waals surface area contributed by atoms with Gasteiger partial charge in [0.25, 0.3) is 5.69 Å². The largest absolute Gasteiger partial charge is 0.371 e. The first-order chi connectivity index (χ1) is 9.69. The van der Waals surface area contributed by atoms with E-state index in [2.05, 4.69) is 10.2 Å². The van der Waals surface area contributed by atoms with Crippen LogP contribution in [-0.2, 0) is 0 Å². The lowest BCUT2D eigenvalue weighted by Crippen LogP contribution is -2.45. The van der Waals surface area contributed by atoms with Crippen molar-refractivity contribution in [2.75, 3.05) is 31.1 Å². The van der Waals surface area contributed by atoms with E-state index in [1.165, 1.54) is 25.7 Å². The van der Waals surface area contributed by atoms with Gasteiger partial charge in [-0.2, -0.15) is 0 Å². The molecule has 3 rings (SSSR count). The van der Waals surface area contributed by atoms with Crippen molar-refractivity contribution >= 4 is 11.4 Å². The van der Waals surface area contributed by atoms with Crippen molar-refractivity contribution in [3.05, 3.63) is 34.4 Å². The minimum absolute atomic E-state index is 0.167. The molecule has 0 radical (unpaired) electrons. The third kappa shape index (κ3) is 2.63. The summed E-state index contributed by atoms with van der Waals surface area (Å²) in [6, 6.07) is 6.95. The summed E-state index contributed by atoms with van der Waals surface area (Å²) in [5.74, 6) is 0. The van der Waals surface area contributed by atoms with Crippen LogP contribution in [0.1, 0.15) is 25.7 Å². The summed E-state index contributed by atoms with van der Waals surface area (Å²) in [5.41, 5.74) is 1.82. The van der Waals surface area contributed by atoms with Gasteiger partial charge in [-0.25, -0.2) is 0 Å². The highest BCUT2D eigenvalue weighted by Gasteiger charge is 2.35. The number of nitro groups is 1. The number of rotatable bonds is 2. The molecule has 1 N–H and O–H groups in total. The van der Waals surface area contributed by atoms with E-state index in [4.69, 9.17) is 0 Å². The Hall–Kier alpha value is -1.62. The first kappa shape index (κ1) is 13.4. The second kappa shape index (κ2) is 5.40. The van der Waals surface area contributed by atoms with Crippen LogP contribution in [0.5, 0.6) is 0 Å². The lowest BCUT2D eigenvalue weighted by atomic mass is 9.71. The highest BCUT2D eigenvalue weighted by molar-refractivity contribution is 5.51. The number of nitrogens with zero attached hydrogens (tertiary/aromatic N) is 2. The summed E-state index contributed by atoms with van der Waals surface area (Å²) in [6.07, 6.45) is 5.07. The lowest BCUT2D eigenvalue weighted by molar-refractivity contribution is -0.384. The van der Waals surface area contributed by atoms with Crippen molar-refractivity contribution in [2.45, 2.75) is 25.7 Å². The van der Waals surface area contributed by atoms with E-state index in [9.17, 15) is 10.1 Å². The number of hydrogen-bond donors (Lipinski definition) is 1. The number of nitrogens with one attached hydrogen (secondary N) is 1. The summed E-state index contributed by atoms with van der Waals surface area (Å²) in [6.45, 7) is 4.44. The van der Waals surface area contributed by atoms with Crippen molar-refractivity contribution in [2.24, 2.45) is 5.41 Å². The maximum absolute atomic E-state index is 10.7. The van der Waals surface area contributed by atoms with Gasteiger partial charge in [0.1, 0.15) is 0 Å². The van der Waals surface area contributed by atoms with E-state index >= 15 is 0 Å². The van der Waals surface area contributed by atoms with Crippen LogP contribution in [0.15, 0.2) is 24.3 Å². The maximum atomic E-state index is 10.7. The monoisotopic (exact) mass is 275 g/mol. The average molecular weight is 275 g/mol. The minimum atomic E-state index is -0.343. The number of nitro benzene ring substituents is 1. The number of hydrogen-bond acceptors (Lipinski definition) is 4. The van der Waals surface area contributed by atoms with Gasteiger partial charge in [-0.05, 0) is 56.3 Å². The number of piperidine rings is 2. The molecule has 5 nitrogen and oxygen atoms in total. The lowest BCUT2D eigenvalue weighted by Gasteiger charge is -2.45. The van der Waals surface area contributed by atoms with Crippen LogP contribution in [0.2, 0.25) is 0 Å². The second-order valence-electron chi connectivity index (χ2n) is 6.01. The van der Waals surface area contributed by atoms with Gasteiger partial charge in [-0.15, -0.1) is 0 Å².